The van der Waals surface area contributed by atoms with E-state index in [0.717, 1.165) is 35.6 Å². The third-order valence-corrected chi connectivity index (χ3v) is 4.82. The first kappa shape index (κ1) is 16.0. The number of nitrogens with one attached hydrogen (secondary N) is 1. The van der Waals surface area contributed by atoms with Crippen molar-refractivity contribution < 1.29 is 4.79 Å². The first-order valence-corrected chi connectivity index (χ1v) is 8.74. The number of carbonyl (C=O) groups excluding carboxylic acids is 1. The molecule has 0 saturated carbocycles. The molecule has 1 saturated heterocycles. The van der Waals surface area contributed by atoms with Gasteiger partial charge < -0.3 is 14.8 Å². The first-order valence-electron chi connectivity index (χ1n) is 8.36. The Hall–Kier alpha value is -2.53. The Labute approximate surface area is 151 Å². The summed E-state index contributed by atoms with van der Waals surface area (Å²) in [6, 6.07) is 13.4. The Morgan fingerprint density at radius 1 is 1.12 bits per heavy atom. The van der Waals surface area contributed by atoms with Crippen molar-refractivity contribution in [2.45, 2.75) is 6.92 Å². The van der Waals surface area contributed by atoms with Gasteiger partial charge in [0.05, 0.1) is 11.0 Å². The lowest BCUT2D eigenvalue weighted by Gasteiger charge is -2.36. The Kier molecular flexibility index (Phi) is 4.09. The van der Waals surface area contributed by atoms with Crippen molar-refractivity contribution in [3.63, 3.8) is 0 Å². The lowest BCUT2D eigenvalue weighted by Crippen LogP contribution is -2.48. The highest BCUT2D eigenvalue weighted by atomic mass is 35.5. The van der Waals surface area contributed by atoms with E-state index in [9.17, 15) is 4.79 Å². The van der Waals surface area contributed by atoms with Crippen molar-refractivity contribution in [1.29, 1.82) is 0 Å². The fourth-order valence-corrected chi connectivity index (χ4v) is 3.48. The summed E-state index contributed by atoms with van der Waals surface area (Å²) in [4.78, 5) is 24.5. The van der Waals surface area contributed by atoms with Crippen LogP contribution in [0.2, 0.25) is 5.02 Å². The smallest absolute Gasteiger partial charge is 0.254 e. The van der Waals surface area contributed by atoms with E-state index in [0.29, 0.717) is 23.7 Å². The maximum absolute atomic E-state index is 12.6. The zero-order valence-corrected chi connectivity index (χ0v) is 14.8. The molecule has 5 nitrogen and oxygen atoms in total. The molecular formula is C19H19ClN4O. The lowest BCUT2D eigenvalue weighted by atomic mass is 10.1. The van der Waals surface area contributed by atoms with E-state index >= 15 is 0 Å². The number of piperazine rings is 1. The lowest BCUT2D eigenvalue weighted by molar-refractivity contribution is 0.0747. The van der Waals surface area contributed by atoms with Crippen molar-refractivity contribution in [2.75, 3.05) is 31.1 Å². The number of anilines is 1. The fourth-order valence-electron chi connectivity index (χ4n) is 3.29. The summed E-state index contributed by atoms with van der Waals surface area (Å²) in [6.45, 7) is 4.98. The van der Waals surface area contributed by atoms with Crippen molar-refractivity contribution in [2.24, 2.45) is 0 Å². The number of amides is 1. The number of hydrogen-bond acceptors (Lipinski definition) is 3. The Morgan fingerprint density at radius 2 is 1.92 bits per heavy atom. The molecule has 6 heteroatoms. The van der Waals surface area contributed by atoms with E-state index in [-0.39, 0.29) is 5.91 Å². The maximum atomic E-state index is 12.6. The molecule has 2 aromatic carbocycles. The first-order chi connectivity index (χ1) is 12.1. The highest BCUT2D eigenvalue weighted by Crippen LogP contribution is 2.22. The number of nitrogens with zero attached hydrogens (tertiary/aromatic N) is 3. The molecule has 1 aliphatic rings. The van der Waals surface area contributed by atoms with Crippen molar-refractivity contribution in [3.05, 3.63) is 58.9 Å². The molecule has 1 fully saturated rings. The zero-order chi connectivity index (χ0) is 17.4. The van der Waals surface area contributed by atoms with Crippen molar-refractivity contribution in [3.8, 4) is 0 Å². The third kappa shape index (κ3) is 3.20. The number of hydrogen-bond donors (Lipinski definition) is 1. The molecule has 25 heavy (non-hydrogen) atoms. The molecule has 1 aromatic heterocycles. The van der Waals surface area contributed by atoms with Crippen LogP contribution in [0.1, 0.15) is 16.2 Å². The molecule has 1 aliphatic heterocycles. The van der Waals surface area contributed by atoms with Gasteiger partial charge in [0, 0.05) is 42.5 Å². The molecule has 3 aromatic rings. The molecule has 2 heterocycles. The summed E-state index contributed by atoms with van der Waals surface area (Å²) in [5, 5.41) is 0.590. The number of benzene rings is 2. The van der Waals surface area contributed by atoms with E-state index in [1.54, 1.807) is 12.1 Å². The topological polar surface area (TPSA) is 52.2 Å². The van der Waals surface area contributed by atoms with Gasteiger partial charge in [0.2, 0.25) is 0 Å². The van der Waals surface area contributed by atoms with E-state index in [1.165, 1.54) is 0 Å². The minimum atomic E-state index is 0.0433. The van der Waals surface area contributed by atoms with Crippen molar-refractivity contribution >= 4 is 34.2 Å². The summed E-state index contributed by atoms with van der Waals surface area (Å²) in [5.74, 6) is 0.964. The summed E-state index contributed by atoms with van der Waals surface area (Å²) < 4.78 is 0. The molecule has 0 spiro atoms. The second-order valence-corrected chi connectivity index (χ2v) is 6.75. The summed E-state index contributed by atoms with van der Waals surface area (Å²) in [5.41, 5.74) is 3.84. The van der Waals surface area contributed by atoms with Gasteiger partial charge in [-0.1, -0.05) is 17.7 Å². The Bertz CT molecular complexity index is 928. The van der Waals surface area contributed by atoms with E-state index < -0.39 is 0 Å². The van der Waals surface area contributed by atoms with Gasteiger partial charge in [-0.25, -0.2) is 4.98 Å². The number of aromatic nitrogens is 2. The number of aryl methyl sites for hydroxylation is 1. The highest BCUT2D eigenvalue weighted by Gasteiger charge is 2.22. The fraction of sp³-hybridized carbons (Fsp3) is 0.263. The Balaban J connectivity index is 1.46. The van der Waals surface area contributed by atoms with Crippen LogP contribution < -0.4 is 4.90 Å². The number of H-pyrrole nitrogens is 1. The number of halogens is 1. The van der Waals surface area contributed by atoms with Gasteiger partial charge in [-0.3, -0.25) is 4.79 Å². The molecule has 0 bridgehead atoms. The van der Waals surface area contributed by atoms with Crippen LogP contribution in [0.4, 0.5) is 5.69 Å². The summed E-state index contributed by atoms with van der Waals surface area (Å²) in [6.07, 6.45) is 0. The van der Waals surface area contributed by atoms with Crippen molar-refractivity contribution in [1.82, 2.24) is 14.9 Å². The third-order valence-electron chi connectivity index (χ3n) is 4.59. The second kappa shape index (κ2) is 6.41. The van der Waals surface area contributed by atoms with Gasteiger partial charge in [-0.2, -0.15) is 0 Å². The normalized spacial score (nSPS) is 15.0. The van der Waals surface area contributed by atoms with Crippen LogP contribution in [0.15, 0.2) is 42.5 Å². The van der Waals surface area contributed by atoms with E-state index in [4.69, 9.17) is 11.6 Å². The Morgan fingerprint density at radius 3 is 2.68 bits per heavy atom. The molecule has 128 valence electrons. The predicted molar refractivity (Wildman–Crippen MR) is 100 cm³/mol. The minimum Gasteiger partial charge on any atom is -0.368 e. The number of carbonyl (C=O) groups is 1. The number of rotatable bonds is 2. The van der Waals surface area contributed by atoms with Crippen LogP contribution >= 0.6 is 11.6 Å². The van der Waals surface area contributed by atoms with Gasteiger partial charge in [-0.05, 0) is 43.3 Å². The van der Waals surface area contributed by atoms with Crippen LogP contribution in [0, 0.1) is 6.92 Å². The summed E-state index contributed by atoms with van der Waals surface area (Å²) >= 11 is 5.99. The second-order valence-electron chi connectivity index (χ2n) is 6.31. The predicted octanol–water partition coefficient (Wildman–Crippen LogP) is 3.49. The molecule has 1 amide bonds. The maximum Gasteiger partial charge on any atom is 0.254 e. The van der Waals surface area contributed by atoms with Gasteiger partial charge in [-0.15, -0.1) is 0 Å². The van der Waals surface area contributed by atoms with Crippen LogP contribution in [-0.2, 0) is 0 Å². The van der Waals surface area contributed by atoms with Crippen LogP contribution in [0.25, 0.3) is 11.0 Å². The summed E-state index contributed by atoms with van der Waals surface area (Å²) in [7, 11) is 0. The van der Waals surface area contributed by atoms with E-state index in [1.807, 2.05) is 30.0 Å². The standard InChI is InChI=1S/C19H19ClN4O/c1-13-21-17-6-5-16(12-18(17)22-13)23-7-9-24(10-8-23)19(25)14-3-2-4-15(20)11-14/h2-6,11-12H,7-10H2,1H3,(H,21,22). The molecule has 4 rings (SSSR count). The SMILES string of the molecule is Cc1nc2ccc(N3CCN(C(=O)c4cccc(Cl)c4)CC3)cc2[nH]1. The average Bonchev–Trinajstić information content (AvgIpc) is 3.00. The number of aromatic amines is 1. The van der Waals surface area contributed by atoms with E-state index in [2.05, 4.69) is 27.0 Å². The molecule has 0 radical (unpaired) electrons. The molecule has 0 unspecified atom stereocenters. The largest absolute Gasteiger partial charge is 0.368 e. The minimum absolute atomic E-state index is 0.0433. The number of fused-ring (bicyclic) bond motifs is 1. The van der Waals surface area contributed by atoms with Crippen LogP contribution in [-0.4, -0.2) is 47.0 Å². The monoisotopic (exact) mass is 354 g/mol. The molecule has 0 atom stereocenters. The average molecular weight is 355 g/mol. The van der Waals surface area contributed by atoms with Gasteiger partial charge in [0.15, 0.2) is 0 Å². The molecule has 0 aliphatic carbocycles. The van der Waals surface area contributed by atoms with Gasteiger partial charge in [0.25, 0.3) is 5.91 Å². The highest BCUT2D eigenvalue weighted by molar-refractivity contribution is 6.30. The zero-order valence-electron chi connectivity index (χ0n) is 14.0. The van der Waals surface area contributed by atoms with Crippen LogP contribution in [0.3, 0.4) is 0 Å². The van der Waals surface area contributed by atoms with Gasteiger partial charge >= 0.3 is 0 Å². The van der Waals surface area contributed by atoms with Crippen LogP contribution in [0.5, 0.6) is 0 Å². The number of imidazole rings is 1. The quantitative estimate of drug-likeness (QED) is 0.766. The van der Waals surface area contributed by atoms with Gasteiger partial charge in [0.1, 0.15) is 5.82 Å². The molecular weight excluding hydrogens is 336 g/mol. The molecule has 1 N–H and O–H groups in total.